The van der Waals surface area contributed by atoms with Crippen LogP contribution in [0.3, 0.4) is 0 Å². The number of ether oxygens (including phenoxy) is 1. The van der Waals surface area contributed by atoms with Crippen LogP contribution >= 0.6 is 0 Å². The third-order valence-electron chi connectivity index (χ3n) is 3.24. The van der Waals surface area contributed by atoms with Gasteiger partial charge in [0, 0.05) is 6.54 Å². The molecule has 122 valence electrons. The molecule has 0 bridgehead atoms. The summed E-state index contributed by atoms with van der Waals surface area (Å²) in [5, 5.41) is 0. The normalized spacial score (nSPS) is 22.4. The van der Waals surface area contributed by atoms with Gasteiger partial charge in [0.05, 0.1) is 12.8 Å². The zero-order valence-electron chi connectivity index (χ0n) is 12.1. The second-order valence-electron chi connectivity index (χ2n) is 5.13. The van der Waals surface area contributed by atoms with Gasteiger partial charge in [0.1, 0.15) is 18.9 Å². The topological polar surface area (TPSA) is 72.9 Å². The van der Waals surface area contributed by atoms with E-state index in [4.69, 9.17) is 4.74 Å². The fraction of sp³-hybridized carbons (Fsp3) is 0.500. The van der Waals surface area contributed by atoms with Crippen molar-refractivity contribution < 1.29 is 26.5 Å². The number of halogens is 1. The third-order valence-corrected chi connectivity index (χ3v) is 3.84. The average molecular weight is 331 g/mol. The summed E-state index contributed by atoms with van der Waals surface area (Å²) in [5.74, 6) is 0. The SMILES string of the molecule is CS(=O)(=O)O[C@@H]1CN(C(=O)OCc2ccccc2)CC[C@@H]1F. The molecule has 0 radical (unpaired) electrons. The summed E-state index contributed by atoms with van der Waals surface area (Å²) >= 11 is 0. The second kappa shape index (κ2) is 7.06. The maximum atomic E-state index is 13.7. The molecule has 1 fully saturated rings. The number of carbonyl (C=O) groups excluding carboxylic acids is 1. The summed E-state index contributed by atoms with van der Waals surface area (Å²) in [5.41, 5.74) is 0.833. The molecule has 1 aliphatic heterocycles. The van der Waals surface area contributed by atoms with E-state index in [2.05, 4.69) is 4.18 Å². The van der Waals surface area contributed by atoms with Crippen LogP contribution in [0.1, 0.15) is 12.0 Å². The second-order valence-corrected chi connectivity index (χ2v) is 6.73. The van der Waals surface area contributed by atoms with Crippen LogP contribution in [0.15, 0.2) is 30.3 Å². The number of rotatable bonds is 4. The first-order chi connectivity index (χ1) is 10.3. The first-order valence-electron chi connectivity index (χ1n) is 6.83. The summed E-state index contributed by atoms with van der Waals surface area (Å²) < 4.78 is 45.7. The minimum Gasteiger partial charge on any atom is -0.445 e. The maximum Gasteiger partial charge on any atom is 0.410 e. The van der Waals surface area contributed by atoms with Crippen LogP contribution in [0, 0.1) is 0 Å². The predicted octanol–water partition coefficient (Wildman–Crippen LogP) is 1.71. The molecule has 0 aromatic heterocycles. The Hall–Kier alpha value is -1.67. The molecule has 2 atom stereocenters. The summed E-state index contributed by atoms with van der Waals surface area (Å²) in [6.07, 6.45) is -2.36. The van der Waals surface area contributed by atoms with Crippen molar-refractivity contribution in [1.82, 2.24) is 4.90 Å². The lowest BCUT2D eigenvalue weighted by molar-refractivity contribution is 0.0158. The van der Waals surface area contributed by atoms with Gasteiger partial charge in [-0.1, -0.05) is 30.3 Å². The first kappa shape index (κ1) is 16.7. The van der Waals surface area contributed by atoms with Gasteiger partial charge in [-0.05, 0) is 12.0 Å². The highest BCUT2D eigenvalue weighted by Gasteiger charge is 2.35. The fourth-order valence-electron chi connectivity index (χ4n) is 2.18. The minimum absolute atomic E-state index is 0.0145. The lowest BCUT2D eigenvalue weighted by Gasteiger charge is -2.33. The van der Waals surface area contributed by atoms with Crippen LogP contribution < -0.4 is 0 Å². The molecule has 0 spiro atoms. The molecule has 0 saturated carbocycles. The molecule has 1 aromatic rings. The van der Waals surface area contributed by atoms with Gasteiger partial charge in [-0.15, -0.1) is 0 Å². The molecule has 1 saturated heterocycles. The molecule has 2 rings (SSSR count). The van der Waals surface area contributed by atoms with E-state index in [1.807, 2.05) is 30.3 Å². The summed E-state index contributed by atoms with van der Waals surface area (Å²) in [4.78, 5) is 13.2. The van der Waals surface area contributed by atoms with Crippen LogP contribution in [0.5, 0.6) is 0 Å². The van der Waals surface area contributed by atoms with Gasteiger partial charge in [0.25, 0.3) is 10.1 Å². The molecule has 1 heterocycles. The van der Waals surface area contributed by atoms with Gasteiger partial charge < -0.3 is 9.64 Å². The number of hydrogen-bond acceptors (Lipinski definition) is 5. The van der Waals surface area contributed by atoms with E-state index in [1.54, 1.807) is 0 Å². The lowest BCUT2D eigenvalue weighted by Crippen LogP contribution is -2.49. The van der Waals surface area contributed by atoms with E-state index < -0.39 is 28.5 Å². The number of carbonyl (C=O) groups is 1. The summed E-state index contributed by atoms with van der Waals surface area (Å²) in [6, 6.07) is 9.14. The zero-order valence-corrected chi connectivity index (χ0v) is 13.0. The molecule has 8 heteroatoms. The average Bonchev–Trinajstić information content (AvgIpc) is 2.47. The molecule has 0 unspecified atom stereocenters. The molecule has 22 heavy (non-hydrogen) atoms. The smallest absolute Gasteiger partial charge is 0.410 e. The number of piperidine rings is 1. The Morgan fingerprint density at radius 3 is 2.68 bits per heavy atom. The number of benzene rings is 1. The van der Waals surface area contributed by atoms with Crippen molar-refractivity contribution in [3.63, 3.8) is 0 Å². The zero-order chi connectivity index (χ0) is 16.2. The van der Waals surface area contributed by atoms with Crippen molar-refractivity contribution in [1.29, 1.82) is 0 Å². The van der Waals surface area contributed by atoms with Gasteiger partial charge in [0.2, 0.25) is 0 Å². The maximum absolute atomic E-state index is 13.7. The molecular weight excluding hydrogens is 313 g/mol. The lowest BCUT2D eigenvalue weighted by atomic mass is 10.1. The van der Waals surface area contributed by atoms with Crippen LogP contribution in [0.4, 0.5) is 9.18 Å². The fourth-order valence-corrected chi connectivity index (χ4v) is 2.81. The molecule has 0 aliphatic carbocycles. The van der Waals surface area contributed by atoms with E-state index in [1.165, 1.54) is 4.90 Å². The molecule has 1 amide bonds. The van der Waals surface area contributed by atoms with Crippen molar-refractivity contribution in [2.45, 2.75) is 25.3 Å². The Morgan fingerprint density at radius 1 is 1.36 bits per heavy atom. The van der Waals surface area contributed by atoms with Crippen molar-refractivity contribution in [3.05, 3.63) is 35.9 Å². The Bertz CT molecular complexity index is 607. The standard InChI is InChI=1S/C14H18FNO5S/c1-22(18,19)21-13-9-16(8-7-12(13)15)14(17)20-10-11-5-3-2-4-6-11/h2-6,12-13H,7-10H2,1H3/t12-,13+/m0/s1. The molecular formula is C14H18FNO5S. The molecule has 6 nitrogen and oxygen atoms in total. The third kappa shape index (κ3) is 4.96. The monoisotopic (exact) mass is 331 g/mol. The Kier molecular flexibility index (Phi) is 5.36. The van der Waals surface area contributed by atoms with E-state index in [-0.39, 0.29) is 26.1 Å². The summed E-state index contributed by atoms with van der Waals surface area (Å²) in [7, 11) is -3.78. The van der Waals surface area contributed by atoms with E-state index in [9.17, 15) is 17.6 Å². The molecule has 1 aromatic carbocycles. The van der Waals surface area contributed by atoms with Crippen molar-refractivity contribution in [2.75, 3.05) is 19.3 Å². The highest BCUT2D eigenvalue weighted by atomic mass is 32.2. The van der Waals surface area contributed by atoms with E-state index >= 15 is 0 Å². The van der Waals surface area contributed by atoms with Gasteiger partial charge in [-0.3, -0.25) is 4.18 Å². The summed E-state index contributed by atoms with van der Waals surface area (Å²) in [6.45, 7) is 0.118. The quantitative estimate of drug-likeness (QED) is 0.786. The minimum atomic E-state index is -3.78. The van der Waals surface area contributed by atoms with Crippen molar-refractivity contribution in [2.24, 2.45) is 0 Å². The van der Waals surface area contributed by atoms with Crippen LogP contribution in [0.2, 0.25) is 0 Å². The number of hydrogen-bond donors (Lipinski definition) is 0. The van der Waals surface area contributed by atoms with Crippen molar-refractivity contribution in [3.8, 4) is 0 Å². The molecule has 0 N–H and O–H groups in total. The Labute approximate surface area is 128 Å². The number of alkyl halides is 1. The molecule has 1 aliphatic rings. The number of likely N-dealkylation sites (tertiary alicyclic amines) is 1. The van der Waals surface area contributed by atoms with Gasteiger partial charge in [-0.2, -0.15) is 8.42 Å². The van der Waals surface area contributed by atoms with Gasteiger partial charge >= 0.3 is 6.09 Å². The van der Waals surface area contributed by atoms with Gasteiger partial charge in [-0.25, -0.2) is 9.18 Å². The largest absolute Gasteiger partial charge is 0.445 e. The van der Waals surface area contributed by atoms with Gasteiger partial charge in [0.15, 0.2) is 0 Å². The first-order valence-corrected chi connectivity index (χ1v) is 8.65. The number of amides is 1. The number of nitrogens with zero attached hydrogens (tertiary/aromatic N) is 1. The highest BCUT2D eigenvalue weighted by Crippen LogP contribution is 2.19. The Morgan fingerprint density at radius 2 is 2.05 bits per heavy atom. The Balaban J connectivity index is 1.90. The van der Waals surface area contributed by atoms with Crippen LogP contribution in [-0.2, 0) is 25.6 Å². The van der Waals surface area contributed by atoms with Crippen molar-refractivity contribution >= 4 is 16.2 Å². The van der Waals surface area contributed by atoms with E-state index in [0.717, 1.165) is 11.8 Å². The highest BCUT2D eigenvalue weighted by molar-refractivity contribution is 7.86. The van der Waals surface area contributed by atoms with E-state index in [0.29, 0.717) is 0 Å². The van der Waals surface area contributed by atoms with Crippen LogP contribution in [0.25, 0.3) is 0 Å². The van der Waals surface area contributed by atoms with Crippen LogP contribution in [-0.4, -0.2) is 51.0 Å². The predicted molar refractivity (Wildman–Crippen MR) is 77.4 cm³/mol.